The van der Waals surface area contributed by atoms with Gasteiger partial charge in [-0.1, -0.05) is 70.6 Å². The maximum absolute atomic E-state index is 8.81. The van der Waals surface area contributed by atoms with E-state index in [4.69, 9.17) is 14.8 Å². The topological polar surface area (TPSA) is 66.9 Å². The average Bonchev–Trinajstić information content (AvgIpc) is 2.85. The molecule has 0 aliphatic carbocycles. The number of fused-ring (bicyclic) bond motifs is 1. The largest absolute Gasteiger partial charge is 0.369 e. The van der Waals surface area contributed by atoms with Crippen LogP contribution in [-0.2, 0) is 11.2 Å². The van der Waals surface area contributed by atoms with Crippen LogP contribution in [0.5, 0.6) is 0 Å². The fourth-order valence-corrected chi connectivity index (χ4v) is 2.69. The molecule has 32 heavy (non-hydrogen) atoms. The van der Waals surface area contributed by atoms with Crippen molar-refractivity contribution in [2.24, 2.45) is 0 Å². The minimum Gasteiger partial charge on any atom is -0.369 e. The number of anilines is 1. The zero-order chi connectivity index (χ0) is 24.6. The molecular weight excluding hydrogens is 396 g/mol. The van der Waals surface area contributed by atoms with Crippen LogP contribution in [0, 0.1) is 0 Å². The molecule has 5 heteroatoms. The number of aldehydes is 1. The summed E-state index contributed by atoms with van der Waals surface area (Å²) in [7, 11) is 1.98. The molecule has 1 aromatic carbocycles. The number of nitrogens with one attached hydrogen (secondary N) is 2. The van der Waals surface area contributed by atoms with Gasteiger partial charge in [-0.15, -0.1) is 0 Å². The Balaban J connectivity index is 0. The van der Waals surface area contributed by atoms with Gasteiger partial charge < -0.3 is 15.4 Å². The standard InChI is InChI=1S/C21H30N4.C2H4O.2C2H6/c1-4-6-10-17(5-2)13-14-20-24-19-12-8-7-11-18(19)21(25-20)23-16-9-15-22-3;1-2-3;2*1-2/h5-8,10-12,22H,4,9,13-16H2,1-3H3,(H,23,24,25);2H,1H3;2*1-2H3/b10-6-,17-5+;;;. The van der Waals surface area contributed by atoms with E-state index in [2.05, 4.69) is 54.8 Å². The van der Waals surface area contributed by atoms with Gasteiger partial charge in [0, 0.05) is 18.4 Å². The molecule has 0 atom stereocenters. The summed E-state index contributed by atoms with van der Waals surface area (Å²) in [6.45, 7) is 15.6. The predicted octanol–water partition coefficient (Wildman–Crippen LogP) is 6.75. The number of aromatic nitrogens is 2. The highest BCUT2D eigenvalue weighted by atomic mass is 16.1. The van der Waals surface area contributed by atoms with E-state index in [0.717, 1.165) is 67.6 Å². The molecule has 0 saturated carbocycles. The van der Waals surface area contributed by atoms with E-state index in [1.54, 1.807) is 0 Å². The molecular formula is C27H46N4O. The molecule has 2 rings (SSSR count). The van der Waals surface area contributed by atoms with Crippen molar-refractivity contribution in [3.05, 3.63) is 53.9 Å². The third-order valence-electron chi connectivity index (χ3n) is 4.12. The van der Waals surface area contributed by atoms with Gasteiger partial charge >= 0.3 is 0 Å². The number of nitrogens with zero attached hydrogens (tertiary/aromatic N) is 2. The van der Waals surface area contributed by atoms with Crippen molar-refractivity contribution < 1.29 is 4.79 Å². The summed E-state index contributed by atoms with van der Waals surface area (Å²) in [6, 6.07) is 8.22. The molecule has 0 fully saturated rings. The maximum Gasteiger partial charge on any atom is 0.137 e. The monoisotopic (exact) mass is 442 g/mol. The molecule has 0 unspecified atom stereocenters. The van der Waals surface area contributed by atoms with Crippen molar-refractivity contribution in [3.63, 3.8) is 0 Å². The van der Waals surface area contributed by atoms with Gasteiger partial charge in [-0.25, -0.2) is 9.97 Å². The van der Waals surface area contributed by atoms with Gasteiger partial charge in [0.1, 0.15) is 17.9 Å². The summed E-state index contributed by atoms with van der Waals surface area (Å²) < 4.78 is 0. The van der Waals surface area contributed by atoms with Crippen LogP contribution >= 0.6 is 0 Å². The number of rotatable bonds is 10. The Kier molecular flexibility index (Phi) is 22.9. The Morgan fingerprint density at radius 3 is 2.28 bits per heavy atom. The lowest BCUT2D eigenvalue weighted by atomic mass is 10.1. The van der Waals surface area contributed by atoms with Gasteiger partial charge in [0.05, 0.1) is 5.52 Å². The van der Waals surface area contributed by atoms with Gasteiger partial charge in [0.2, 0.25) is 0 Å². The Bertz CT molecular complexity index is 769. The van der Waals surface area contributed by atoms with Crippen LogP contribution in [0.1, 0.15) is 73.6 Å². The Morgan fingerprint density at radius 2 is 1.69 bits per heavy atom. The van der Waals surface area contributed by atoms with E-state index in [1.807, 2.05) is 46.9 Å². The molecule has 0 radical (unpaired) electrons. The molecule has 1 aromatic heterocycles. The number of hydrogen-bond acceptors (Lipinski definition) is 5. The Labute approximate surface area is 196 Å². The van der Waals surface area contributed by atoms with Crippen molar-refractivity contribution in [2.45, 2.75) is 74.1 Å². The third-order valence-corrected chi connectivity index (χ3v) is 4.12. The molecule has 0 aliphatic rings. The molecule has 0 aliphatic heterocycles. The number of carbonyl (C=O) groups is 1. The Hall–Kier alpha value is -2.53. The van der Waals surface area contributed by atoms with Crippen molar-refractivity contribution >= 4 is 23.0 Å². The number of para-hydroxylation sites is 1. The zero-order valence-corrected chi connectivity index (χ0v) is 21.7. The van der Waals surface area contributed by atoms with Crippen LogP contribution in [0.25, 0.3) is 10.9 Å². The number of carbonyl (C=O) groups excluding carboxylic acids is 1. The number of benzene rings is 1. The molecule has 180 valence electrons. The highest BCUT2D eigenvalue weighted by Crippen LogP contribution is 2.21. The van der Waals surface area contributed by atoms with Gasteiger partial charge in [0.25, 0.3) is 0 Å². The summed E-state index contributed by atoms with van der Waals surface area (Å²) in [5, 5.41) is 7.74. The highest BCUT2D eigenvalue weighted by molar-refractivity contribution is 5.88. The lowest BCUT2D eigenvalue weighted by Crippen LogP contribution is -2.14. The summed E-state index contributed by atoms with van der Waals surface area (Å²) in [4.78, 5) is 18.3. The molecule has 0 spiro atoms. The zero-order valence-electron chi connectivity index (χ0n) is 21.7. The van der Waals surface area contributed by atoms with Gasteiger partial charge in [-0.3, -0.25) is 0 Å². The van der Waals surface area contributed by atoms with Crippen molar-refractivity contribution in [2.75, 3.05) is 25.5 Å². The van der Waals surface area contributed by atoms with Gasteiger partial charge in [-0.2, -0.15) is 0 Å². The lowest BCUT2D eigenvalue weighted by Gasteiger charge is -2.11. The second-order valence-corrected chi connectivity index (χ2v) is 6.30. The third kappa shape index (κ3) is 13.7. The molecule has 0 saturated heterocycles. The van der Waals surface area contributed by atoms with Gasteiger partial charge in [0.15, 0.2) is 0 Å². The van der Waals surface area contributed by atoms with Gasteiger partial charge in [-0.05, 0) is 58.8 Å². The first-order valence-corrected chi connectivity index (χ1v) is 12.1. The predicted molar refractivity (Wildman–Crippen MR) is 143 cm³/mol. The first-order valence-electron chi connectivity index (χ1n) is 12.1. The average molecular weight is 443 g/mol. The molecule has 5 nitrogen and oxygen atoms in total. The van der Waals surface area contributed by atoms with Crippen LogP contribution in [-0.4, -0.2) is 36.4 Å². The number of allylic oxidation sites excluding steroid dienone is 4. The fourth-order valence-electron chi connectivity index (χ4n) is 2.69. The van der Waals surface area contributed by atoms with Crippen LogP contribution in [0.3, 0.4) is 0 Å². The highest BCUT2D eigenvalue weighted by Gasteiger charge is 2.07. The summed E-state index contributed by atoms with van der Waals surface area (Å²) in [6.07, 6.45) is 11.3. The van der Waals surface area contributed by atoms with Crippen molar-refractivity contribution in [3.8, 4) is 0 Å². The Morgan fingerprint density at radius 1 is 1.03 bits per heavy atom. The van der Waals surface area contributed by atoms with Crippen molar-refractivity contribution in [1.29, 1.82) is 0 Å². The maximum atomic E-state index is 8.81. The smallest absolute Gasteiger partial charge is 0.137 e. The van der Waals surface area contributed by atoms with E-state index >= 15 is 0 Å². The normalized spacial score (nSPS) is 10.3. The quantitative estimate of drug-likeness (QED) is 0.242. The second kappa shape index (κ2) is 23.1. The SMILES string of the molecule is C/C=C(\C=C/CC)CCc1nc(NCCCNC)c2ccccc2n1.CC.CC.CC=O. The summed E-state index contributed by atoms with van der Waals surface area (Å²) in [5.41, 5.74) is 2.34. The van der Waals surface area contributed by atoms with E-state index in [-0.39, 0.29) is 0 Å². The lowest BCUT2D eigenvalue weighted by molar-refractivity contribution is -0.106. The number of aryl methyl sites for hydroxylation is 1. The van der Waals surface area contributed by atoms with Crippen LogP contribution in [0.4, 0.5) is 5.82 Å². The summed E-state index contributed by atoms with van der Waals surface area (Å²) >= 11 is 0. The van der Waals surface area contributed by atoms with Crippen LogP contribution in [0.15, 0.2) is 48.1 Å². The first-order chi connectivity index (χ1) is 15.7. The minimum atomic E-state index is 0.750. The van der Waals surface area contributed by atoms with E-state index < -0.39 is 0 Å². The van der Waals surface area contributed by atoms with E-state index in [0.29, 0.717) is 0 Å². The van der Waals surface area contributed by atoms with Crippen molar-refractivity contribution in [1.82, 2.24) is 15.3 Å². The van der Waals surface area contributed by atoms with E-state index in [1.165, 1.54) is 12.5 Å². The van der Waals surface area contributed by atoms with Crippen LogP contribution in [0.2, 0.25) is 0 Å². The summed E-state index contributed by atoms with van der Waals surface area (Å²) in [5.74, 6) is 1.85. The van der Waals surface area contributed by atoms with Crippen LogP contribution < -0.4 is 10.6 Å². The molecule has 2 N–H and O–H groups in total. The van der Waals surface area contributed by atoms with E-state index in [9.17, 15) is 0 Å². The second-order valence-electron chi connectivity index (χ2n) is 6.30. The molecule has 2 aromatic rings. The minimum absolute atomic E-state index is 0.750. The molecule has 0 amide bonds. The molecule has 0 bridgehead atoms. The fraction of sp³-hybridized carbons (Fsp3) is 0.519. The number of hydrogen-bond donors (Lipinski definition) is 2. The molecule has 1 heterocycles. The first kappa shape index (κ1) is 31.7.